The van der Waals surface area contributed by atoms with E-state index in [2.05, 4.69) is 0 Å². The largest absolute Gasteiger partial charge is 0.451 e. The Morgan fingerprint density at radius 1 is 1.22 bits per heavy atom. The summed E-state index contributed by atoms with van der Waals surface area (Å²) in [5.41, 5.74) is 7.41. The summed E-state index contributed by atoms with van der Waals surface area (Å²) in [5, 5.41) is 0.892. The summed E-state index contributed by atoms with van der Waals surface area (Å²) in [7, 11) is 0. The lowest BCUT2D eigenvalue weighted by atomic mass is 10.1. The number of hydrogen-bond acceptors (Lipinski definition) is 4. The maximum Gasteiger partial charge on any atom is 0.289 e. The first kappa shape index (κ1) is 19.7. The van der Waals surface area contributed by atoms with Crippen LogP contribution < -0.4 is 5.73 Å². The Labute approximate surface area is 167 Å². The molecule has 1 aliphatic rings. The first-order valence-electron chi connectivity index (χ1n) is 8.56. The number of thioether (sulfide) groups is 1. The smallest absolute Gasteiger partial charge is 0.289 e. The topological polar surface area (TPSA) is 59.5 Å². The van der Waals surface area contributed by atoms with Crippen molar-refractivity contribution in [2.24, 2.45) is 5.73 Å². The molecule has 0 saturated carbocycles. The van der Waals surface area contributed by atoms with E-state index in [1.165, 1.54) is 17.8 Å². The fourth-order valence-corrected chi connectivity index (χ4v) is 4.21. The molecule has 1 saturated heterocycles. The van der Waals surface area contributed by atoms with Crippen LogP contribution in [-0.4, -0.2) is 29.9 Å². The van der Waals surface area contributed by atoms with Crippen molar-refractivity contribution in [3.63, 3.8) is 0 Å². The van der Waals surface area contributed by atoms with Gasteiger partial charge in [0.15, 0.2) is 5.76 Å². The van der Waals surface area contributed by atoms with Crippen molar-refractivity contribution in [2.75, 3.05) is 13.1 Å². The molecule has 1 atom stereocenters. The Morgan fingerprint density at radius 3 is 2.70 bits per heavy atom. The van der Waals surface area contributed by atoms with E-state index in [9.17, 15) is 9.18 Å². The number of likely N-dealkylation sites (tertiary alicyclic amines) is 1. The van der Waals surface area contributed by atoms with Crippen LogP contribution in [0.4, 0.5) is 4.39 Å². The van der Waals surface area contributed by atoms with E-state index in [0.29, 0.717) is 35.1 Å². The molecule has 0 unspecified atom stereocenters. The lowest BCUT2D eigenvalue weighted by molar-refractivity contribution is 0.0760. The van der Waals surface area contributed by atoms with Crippen LogP contribution in [0.5, 0.6) is 0 Å². The van der Waals surface area contributed by atoms with Crippen LogP contribution >= 0.6 is 24.2 Å². The summed E-state index contributed by atoms with van der Waals surface area (Å²) in [6.07, 6.45) is 0.797. The normalized spacial score (nSPS) is 16.5. The summed E-state index contributed by atoms with van der Waals surface area (Å²) < 4.78 is 19.8. The van der Waals surface area contributed by atoms with Gasteiger partial charge in [-0.25, -0.2) is 4.39 Å². The molecule has 0 radical (unpaired) electrons. The molecule has 2 aromatic carbocycles. The number of para-hydroxylation sites is 1. The number of carbonyl (C=O) groups is 1. The zero-order valence-corrected chi connectivity index (χ0v) is 16.2. The van der Waals surface area contributed by atoms with E-state index in [0.717, 1.165) is 17.4 Å². The molecule has 1 fully saturated rings. The number of nitrogens with zero attached hydrogens (tertiary/aromatic N) is 1. The zero-order valence-electron chi connectivity index (χ0n) is 14.6. The highest BCUT2D eigenvalue weighted by atomic mass is 35.5. The molecule has 142 valence electrons. The van der Waals surface area contributed by atoms with Crippen LogP contribution in [0, 0.1) is 5.82 Å². The molecule has 3 aromatic rings. The monoisotopic (exact) mass is 406 g/mol. The maximum atomic E-state index is 13.9. The number of fused-ring (bicyclic) bond motifs is 1. The van der Waals surface area contributed by atoms with Crippen LogP contribution in [0.2, 0.25) is 0 Å². The number of hydrogen-bond donors (Lipinski definition) is 1. The molecule has 2 heterocycles. The van der Waals surface area contributed by atoms with Crippen molar-refractivity contribution >= 4 is 41.0 Å². The molecule has 27 heavy (non-hydrogen) atoms. The van der Waals surface area contributed by atoms with Crippen LogP contribution in [0.15, 0.2) is 57.8 Å². The lowest BCUT2D eigenvalue weighted by Crippen LogP contribution is -2.32. The highest BCUT2D eigenvalue weighted by Gasteiger charge is 2.29. The van der Waals surface area contributed by atoms with Gasteiger partial charge in [-0.05, 0) is 24.6 Å². The van der Waals surface area contributed by atoms with Gasteiger partial charge in [-0.2, -0.15) is 0 Å². The first-order chi connectivity index (χ1) is 12.6. The summed E-state index contributed by atoms with van der Waals surface area (Å²) in [6.45, 7) is 1.17. The lowest BCUT2D eigenvalue weighted by Gasteiger charge is -2.15. The van der Waals surface area contributed by atoms with E-state index in [1.54, 1.807) is 23.1 Å². The van der Waals surface area contributed by atoms with Gasteiger partial charge in [0, 0.05) is 40.7 Å². The molecular formula is C20H20ClFN2O2S. The minimum Gasteiger partial charge on any atom is -0.451 e. The Kier molecular flexibility index (Phi) is 6.09. The van der Waals surface area contributed by atoms with Crippen molar-refractivity contribution in [2.45, 2.75) is 23.1 Å². The number of benzene rings is 2. The van der Waals surface area contributed by atoms with Gasteiger partial charge in [0.1, 0.15) is 11.4 Å². The number of nitrogens with two attached hydrogens (primary N) is 1. The summed E-state index contributed by atoms with van der Waals surface area (Å²) >= 11 is 1.36. The van der Waals surface area contributed by atoms with Crippen molar-refractivity contribution in [1.82, 2.24) is 4.90 Å². The molecule has 1 amide bonds. The van der Waals surface area contributed by atoms with Gasteiger partial charge >= 0.3 is 0 Å². The van der Waals surface area contributed by atoms with Gasteiger partial charge < -0.3 is 15.1 Å². The number of furan rings is 1. The minimum atomic E-state index is -0.260. The Hall–Kier alpha value is -2.02. The third-order valence-corrected chi connectivity index (χ3v) is 5.69. The highest BCUT2D eigenvalue weighted by molar-refractivity contribution is 7.98. The molecule has 4 rings (SSSR count). The van der Waals surface area contributed by atoms with Gasteiger partial charge in [-0.1, -0.05) is 30.3 Å². The second kappa shape index (κ2) is 8.33. The van der Waals surface area contributed by atoms with Crippen molar-refractivity contribution < 1.29 is 13.6 Å². The predicted octanol–water partition coefficient (Wildman–Crippen LogP) is 4.46. The standard InChI is InChI=1S/C20H19FN2O2S.ClH/c21-16-6-2-4-8-18(16)26-12-15-14-5-1-3-7-17(14)25-19(15)20(24)23-10-9-13(22)11-23;/h1-8,13H,9-12,22H2;1H/t13-;/m1./s1. The predicted molar refractivity (Wildman–Crippen MR) is 108 cm³/mol. The Bertz CT molecular complexity index is 962. The number of carbonyl (C=O) groups excluding carboxylic acids is 1. The molecule has 4 nitrogen and oxygen atoms in total. The highest BCUT2D eigenvalue weighted by Crippen LogP contribution is 2.34. The number of rotatable bonds is 4. The molecule has 0 bridgehead atoms. The Morgan fingerprint density at radius 2 is 1.96 bits per heavy atom. The van der Waals surface area contributed by atoms with E-state index in [1.807, 2.05) is 24.3 Å². The van der Waals surface area contributed by atoms with Gasteiger partial charge in [-0.15, -0.1) is 24.2 Å². The van der Waals surface area contributed by atoms with Crippen LogP contribution in [0.1, 0.15) is 22.5 Å². The number of amides is 1. The molecule has 0 spiro atoms. The van der Waals surface area contributed by atoms with Crippen molar-refractivity contribution in [1.29, 1.82) is 0 Å². The van der Waals surface area contributed by atoms with Gasteiger partial charge in [-0.3, -0.25) is 4.79 Å². The fraction of sp³-hybridized carbons (Fsp3) is 0.250. The molecule has 1 aromatic heterocycles. The van der Waals surface area contributed by atoms with Gasteiger partial charge in [0.05, 0.1) is 0 Å². The molecular weight excluding hydrogens is 387 g/mol. The van der Waals surface area contributed by atoms with E-state index >= 15 is 0 Å². The summed E-state index contributed by atoms with van der Waals surface area (Å²) in [4.78, 5) is 15.2. The van der Waals surface area contributed by atoms with Gasteiger partial charge in [0.25, 0.3) is 5.91 Å². The molecule has 0 aliphatic carbocycles. The third-order valence-electron chi connectivity index (χ3n) is 4.61. The van der Waals surface area contributed by atoms with E-state index in [-0.39, 0.29) is 30.2 Å². The average Bonchev–Trinajstić information content (AvgIpc) is 3.24. The summed E-state index contributed by atoms with van der Waals surface area (Å²) in [6, 6.07) is 14.2. The minimum absolute atomic E-state index is 0. The quantitative estimate of drug-likeness (QED) is 0.650. The molecule has 7 heteroatoms. The van der Waals surface area contributed by atoms with Crippen LogP contribution in [0.3, 0.4) is 0 Å². The second-order valence-electron chi connectivity index (χ2n) is 6.42. The third kappa shape index (κ3) is 3.98. The molecule has 2 N–H and O–H groups in total. The second-order valence-corrected chi connectivity index (χ2v) is 7.44. The maximum absolute atomic E-state index is 13.9. The SMILES string of the molecule is Cl.N[C@@H]1CCN(C(=O)c2oc3ccccc3c2CSc2ccccc2F)C1. The van der Waals surface area contributed by atoms with Crippen molar-refractivity contribution in [3.8, 4) is 0 Å². The zero-order chi connectivity index (χ0) is 18.1. The average molecular weight is 407 g/mol. The van der Waals surface area contributed by atoms with Crippen LogP contribution in [-0.2, 0) is 5.75 Å². The molecule has 1 aliphatic heterocycles. The first-order valence-corrected chi connectivity index (χ1v) is 9.54. The van der Waals surface area contributed by atoms with Crippen molar-refractivity contribution in [3.05, 3.63) is 65.7 Å². The van der Waals surface area contributed by atoms with E-state index in [4.69, 9.17) is 10.2 Å². The Balaban J connectivity index is 0.00000210. The van der Waals surface area contributed by atoms with Gasteiger partial charge in [0.2, 0.25) is 0 Å². The fourth-order valence-electron chi connectivity index (χ4n) is 3.24. The van der Waals surface area contributed by atoms with Crippen LogP contribution in [0.25, 0.3) is 11.0 Å². The number of halogens is 2. The van der Waals surface area contributed by atoms with E-state index < -0.39 is 0 Å². The summed E-state index contributed by atoms with van der Waals surface area (Å²) in [5.74, 6) is 0.393.